The molecule has 0 aromatic carbocycles. The van der Waals surface area contributed by atoms with E-state index in [-0.39, 0.29) is 5.91 Å². The van der Waals surface area contributed by atoms with Crippen LogP contribution in [0, 0.1) is 5.92 Å². The van der Waals surface area contributed by atoms with Gasteiger partial charge in [-0.25, -0.2) is 9.31 Å². The molecule has 1 fully saturated rings. The quantitative estimate of drug-likeness (QED) is 0.824. The summed E-state index contributed by atoms with van der Waals surface area (Å²) in [5.41, 5.74) is 1.70. The number of pyridine rings is 1. The van der Waals surface area contributed by atoms with Gasteiger partial charge in [-0.1, -0.05) is 25.7 Å². The van der Waals surface area contributed by atoms with Crippen molar-refractivity contribution in [1.82, 2.24) is 9.61 Å². The third-order valence-electron chi connectivity index (χ3n) is 4.56. The number of nitrogens with zero attached hydrogens (tertiary/aromatic N) is 2. The van der Waals surface area contributed by atoms with Gasteiger partial charge in [-0.2, -0.15) is 5.10 Å². The van der Waals surface area contributed by atoms with E-state index in [1.165, 1.54) is 31.9 Å². The van der Waals surface area contributed by atoms with E-state index >= 15 is 0 Å². The monoisotopic (exact) mass is 329 g/mol. The molecule has 0 bridgehead atoms. The average molecular weight is 329 g/mol. The highest BCUT2D eigenvalue weighted by Crippen LogP contribution is 2.28. The predicted molar refractivity (Wildman–Crippen MR) is 91.0 cm³/mol. The Morgan fingerprint density at radius 3 is 2.92 bits per heavy atom. The Bertz CT molecular complexity index is 732. The van der Waals surface area contributed by atoms with Crippen molar-refractivity contribution in [2.75, 3.05) is 11.9 Å². The van der Waals surface area contributed by atoms with Crippen molar-refractivity contribution in [3.05, 3.63) is 30.1 Å². The van der Waals surface area contributed by atoms with E-state index < -0.39 is 5.97 Å². The zero-order valence-electron chi connectivity index (χ0n) is 14.0. The Balaban J connectivity index is 1.66. The van der Waals surface area contributed by atoms with Crippen LogP contribution in [0.3, 0.4) is 0 Å². The number of anilines is 1. The number of hydrogen-bond acceptors (Lipinski definition) is 4. The maximum atomic E-state index is 12.1. The molecular weight excluding hydrogens is 306 g/mol. The normalized spacial score (nSPS) is 14.9. The Labute approximate surface area is 141 Å². The lowest BCUT2D eigenvalue weighted by Crippen LogP contribution is -2.13. The van der Waals surface area contributed by atoms with E-state index in [0.717, 1.165) is 6.42 Å². The molecule has 0 radical (unpaired) electrons. The van der Waals surface area contributed by atoms with E-state index in [9.17, 15) is 9.59 Å². The van der Waals surface area contributed by atoms with Gasteiger partial charge in [0.25, 0.3) is 0 Å². The first-order chi connectivity index (χ1) is 11.7. The summed E-state index contributed by atoms with van der Waals surface area (Å²) in [5.74, 6) is 0.309. The van der Waals surface area contributed by atoms with E-state index in [4.69, 9.17) is 4.74 Å². The van der Waals surface area contributed by atoms with Gasteiger partial charge in [0, 0.05) is 18.3 Å². The van der Waals surface area contributed by atoms with Gasteiger partial charge < -0.3 is 10.1 Å². The van der Waals surface area contributed by atoms with Crippen LogP contribution < -0.4 is 5.32 Å². The molecular formula is C18H23N3O3. The number of esters is 1. The molecule has 3 rings (SSSR count). The van der Waals surface area contributed by atoms with Crippen molar-refractivity contribution in [2.24, 2.45) is 5.92 Å². The fraction of sp³-hybridized carbons (Fsp3) is 0.500. The smallest absolute Gasteiger partial charge is 0.341 e. The number of aromatic nitrogens is 2. The van der Waals surface area contributed by atoms with E-state index in [2.05, 4.69) is 10.4 Å². The number of nitrogens with one attached hydrogen (secondary N) is 1. The first kappa shape index (κ1) is 16.5. The molecule has 1 amide bonds. The molecule has 6 nitrogen and oxygen atoms in total. The van der Waals surface area contributed by atoms with Gasteiger partial charge in [-0.3, -0.25) is 4.79 Å². The fourth-order valence-corrected chi connectivity index (χ4v) is 3.28. The molecule has 1 aliphatic rings. The minimum atomic E-state index is -0.405. The van der Waals surface area contributed by atoms with E-state index in [1.54, 1.807) is 29.8 Å². The van der Waals surface area contributed by atoms with Crippen LogP contribution >= 0.6 is 0 Å². The second kappa shape index (κ2) is 7.47. The molecule has 2 aromatic heterocycles. The lowest BCUT2D eigenvalue weighted by molar-refractivity contribution is -0.116. The number of carbonyl (C=O) groups excluding carboxylic acids is 2. The summed E-state index contributed by atoms with van der Waals surface area (Å²) in [4.78, 5) is 24.1. The van der Waals surface area contributed by atoms with Crippen molar-refractivity contribution >= 4 is 23.1 Å². The molecule has 2 heterocycles. The van der Waals surface area contributed by atoms with Crippen molar-refractivity contribution in [2.45, 2.75) is 45.4 Å². The van der Waals surface area contributed by atoms with Crippen molar-refractivity contribution in [3.8, 4) is 0 Å². The Morgan fingerprint density at radius 1 is 1.38 bits per heavy atom. The van der Waals surface area contributed by atoms with Crippen LogP contribution in [0.4, 0.5) is 5.69 Å². The van der Waals surface area contributed by atoms with Gasteiger partial charge in [-0.15, -0.1) is 0 Å². The zero-order chi connectivity index (χ0) is 16.9. The van der Waals surface area contributed by atoms with E-state index in [0.29, 0.717) is 35.7 Å². The van der Waals surface area contributed by atoms with Gasteiger partial charge in [0.05, 0.1) is 18.3 Å². The van der Waals surface area contributed by atoms with E-state index in [1.807, 2.05) is 0 Å². The highest BCUT2D eigenvalue weighted by Gasteiger charge is 2.17. The number of rotatable bonds is 6. The Hall–Kier alpha value is -2.37. The molecule has 24 heavy (non-hydrogen) atoms. The van der Waals surface area contributed by atoms with Crippen molar-refractivity contribution < 1.29 is 14.3 Å². The molecule has 1 N–H and O–H groups in total. The van der Waals surface area contributed by atoms with Crippen LogP contribution in [0.1, 0.15) is 55.8 Å². The molecule has 1 aliphatic carbocycles. The highest BCUT2D eigenvalue weighted by atomic mass is 16.5. The maximum Gasteiger partial charge on any atom is 0.341 e. The number of ether oxygens (including phenoxy) is 1. The van der Waals surface area contributed by atoms with Gasteiger partial charge in [0.1, 0.15) is 5.56 Å². The summed E-state index contributed by atoms with van der Waals surface area (Å²) in [6.07, 6.45) is 9.79. The van der Waals surface area contributed by atoms with Crippen LogP contribution in [0.5, 0.6) is 0 Å². The standard InChI is InChI=1S/C18H23N3O3/c1-2-24-18(23)15-12-19-21-10-9-14(11-16(15)21)20-17(22)8-7-13-5-3-4-6-13/h9-13H,2-8H2,1H3,(H,20,22). The van der Waals surface area contributed by atoms with Gasteiger partial charge in [0.15, 0.2) is 0 Å². The SMILES string of the molecule is CCOC(=O)c1cnn2ccc(NC(=O)CCC3CCCC3)cc12. The molecule has 0 atom stereocenters. The third kappa shape index (κ3) is 3.75. The summed E-state index contributed by atoms with van der Waals surface area (Å²) in [7, 11) is 0. The molecule has 2 aromatic rings. The summed E-state index contributed by atoms with van der Waals surface area (Å²) in [5, 5.41) is 7.05. The lowest BCUT2D eigenvalue weighted by atomic mass is 10.0. The second-order valence-corrected chi connectivity index (χ2v) is 6.26. The summed E-state index contributed by atoms with van der Waals surface area (Å²) in [6.45, 7) is 2.08. The average Bonchev–Trinajstić information content (AvgIpc) is 3.22. The number of carbonyl (C=O) groups is 2. The number of amides is 1. The van der Waals surface area contributed by atoms with Crippen LogP contribution in [0.15, 0.2) is 24.5 Å². The zero-order valence-corrected chi connectivity index (χ0v) is 14.0. The van der Waals surface area contributed by atoms with Gasteiger partial charge in [-0.05, 0) is 31.4 Å². The van der Waals surface area contributed by atoms with Crippen LogP contribution in [-0.4, -0.2) is 28.1 Å². The molecule has 1 saturated carbocycles. The molecule has 6 heteroatoms. The number of fused-ring (bicyclic) bond motifs is 1. The minimum Gasteiger partial charge on any atom is -0.462 e. The second-order valence-electron chi connectivity index (χ2n) is 6.26. The first-order valence-electron chi connectivity index (χ1n) is 8.61. The molecule has 0 saturated heterocycles. The summed E-state index contributed by atoms with van der Waals surface area (Å²) in [6, 6.07) is 3.54. The molecule has 0 unspecified atom stereocenters. The van der Waals surface area contributed by atoms with Gasteiger partial charge >= 0.3 is 5.97 Å². The number of hydrogen-bond donors (Lipinski definition) is 1. The van der Waals surface area contributed by atoms with Crippen molar-refractivity contribution in [1.29, 1.82) is 0 Å². The lowest BCUT2D eigenvalue weighted by Gasteiger charge is -2.09. The van der Waals surface area contributed by atoms with Crippen LogP contribution in [-0.2, 0) is 9.53 Å². The fourth-order valence-electron chi connectivity index (χ4n) is 3.28. The predicted octanol–water partition coefficient (Wildman–Crippen LogP) is 3.42. The minimum absolute atomic E-state index is 0.0171. The van der Waals surface area contributed by atoms with Crippen LogP contribution in [0.2, 0.25) is 0 Å². The largest absolute Gasteiger partial charge is 0.462 e. The first-order valence-corrected chi connectivity index (χ1v) is 8.61. The summed E-state index contributed by atoms with van der Waals surface area (Å²) < 4.78 is 6.63. The van der Waals surface area contributed by atoms with Crippen LogP contribution in [0.25, 0.3) is 5.52 Å². The molecule has 128 valence electrons. The Morgan fingerprint density at radius 2 is 2.17 bits per heavy atom. The molecule has 0 aliphatic heterocycles. The Kier molecular flexibility index (Phi) is 5.13. The van der Waals surface area contributed by atoms with Crippen molar-refractivity contribution in [3.63, 3.8) is 0 Å². The maximum absolute atomic E-state index is 12.1. The van der Waals surface area contributed by atoms with Gasteiger partial charge in [0.2, 0.25) is 5.91 Å². The summed E-state index contributed by atoms with van der Waals surface area (Å²) >= 11 is 0. The topological polar surface area (TPSA) is 72.7 Å². The molecule has 0 spiro atoms. The highest BCUT2D eigenvalue weighted by molar-refractivity contribution is 5.98. The third-order valence-corrected chi connectivity index (χ3v) is 4.56.